The minimum Gasteiger partial charge on any atom is -0.481 e. The average molecular weight is 290 g/mol. The Bertz CT molecular complexity index is 572. The van der Waals surface area contributed by atoms with Crippen LogP contribution in [0.5, 0.6) is 0 Å². The van der Waals surface area contributed by atoms with Gasteiger partial charge in [0.05, 0.1) is 17.6 Å². The van der Waals surface area contributed by atoms with Gasteiger partial charge in [0.25, 0.3) is 5.91 Å². The van der Waals surface area contributed by atoms with Crippen LogP contribution in [-0.4, -0.2) is 53.2 Å². The number of rotatable bonds is 2. The van der Waals surface area contributed by atoms with Crippen molar-refractivity contribution in [1.82, 2.24) is 9.88 Å². The fraction of sp³-hybridized carbons (Fsp3) is 0.533. The molecule has 21 heavy (non-hydrogen) atoms. The molecule has 2 aliphatic heterocycles. The predicted molar refractivity (Wildman–Crippen MR) is 73.9 cm³/mol. The van der Waals surface area contributed by atoms with E-state index in [4.69, 9.17) is 4.74 Å². The Hall–Kier alpha value is -1.95. The zero-order valence-electron chi connectivity index (χ0n) is 11.9. The molecule has 0 bridgehead atoms. The van der Waals surface area contributed by atoms with Crippen molar-refractivity contribution in [2.24, 2.45) is 11.3 Å². The molecule has 2 aliphatic rings. The van der Waals surface area contributed by atoms with Gasteiger partial charge in [0.1, 0.15) is 0 Å². The summed E-state index contributed by atoms with van der Waals surface area (Å²) in [5.41, 5.74) is 0.490. The number of hydrogen-bond acceptors (Lipinski definition) is 4. The third kappa shape index (κ3) is 2.29. The zero-order valence-corrected chi connectivity index (χ0v) is 11.9. The number of amides is 1. The van der Waals surface area contributed by atoms with Crippen molar-refractivity contribution < 1.29 is 19.4 Å². The van der Waals surface area contributed by atoms with Gasteiger partial charge >= 0.3 is 5.97 Å². The van der Waals surface area contributed by atoms with Gasteiger partial charge in [-0.1, -0.05) is 0 Å². The van der Waals surface area contributed by atoms with E-state index in [9.17, 15) is 14.7 Å². The molecule has 112 valence electrons. The highest BCUT2D eigenvalue weighted by Gasteiger charge is 2.54. The number of hydrogen-bond donors (Lipinski definition) is 1. The lowest BCUT2D eigenvalue weighted by Crippen LogP contribution is -2.45. The molecule has 3 heterocycles. The number of likely N-dealkylation sites (tertiary alicyclic amines) is 1. The van der Waals surface area contributed by atoms with E-state index >= 15 is 0 Å². The van der Waals surface area contributed by atoms with Crippen LogP contribution in [0.15, 0.2) is 18.3 Å². The molecule has 1 aromatic rings. The standard InChI is InChI=1S/C15H18N2O4/c1-10-2-3-11(6-16-10)13(18)17-7-12-8-21-5-4-15(12,9-17)14(19)20/h2-3,6,12H,4-5,7-9H2,1H3,(H,19,20)/t12-,15+/m0/s1. The lowest BCUT2D eigenvalue weighted by Gasteiger charge is -2.33. The van der Waals surface area contributed by atoms with Crippen LogP contribution in [0.25, 0.3) is 0 Å². The number of carboxylic acids is 1. The number of aryl methyl sites for hydroxylation is 1. The second-order valence-electron chi connectivity index (χ2n) is 5.86. The molecule has 0 saturated carbocycles. The van der Waals surface area contributed by atoms with E-state index in [1.807, 2.05) is 6.92 Å². The molecule has 0 aliphatic carbocycles. The van der Waals surface area contributed by atoms with E-state index in [1.54, 1.807) is 23.2 Å². The summed E-state index contributed by atoms with van der Waals surface area (Å²) < 4.78 is 5.39. The molecular weight excluding hydrogens is 272 g/mol. The summed E-state index contributed by atoms with van der Waals surface area (Å²) in [6.45, 7) is 3.39. The van der Waals surface area contributed by atoms with Gasteiger partial charge in [-0.15, -0.1) is 0 Å². The monoisotopic (exact) mass is 290 g/mol. The van der Waals surface area contributed by atoms with Crippen LogP contribution in [0.2, 0.25) is 0 Å². The molecule has 1 N–H and O–H groups in total. The molecule has 1 amide bonds. The molecule has 2 fully saturated rings. The summed E-state index contributed by atoms with van der Waals surface area (Å²) >= 11 is 0. The van der Waals surface area contributed by atoms with Crippen LogP contribution in [0, 0.1) is 18.3 Å². The summed E-state index contributed by atoms with van der Waals surface area (Å²) in [6.07, 6.45) is 2.01. The average Bonchev–Trinajstić information content (AvgIpc) is 2.88. The van der Waals surface area contributed by atoms with Gasteiger partial charge in [-0.2, -0.15) is 0 Å². The Morgan fingerprint density at radius 3 is 2.90 bits per heavy atom. The maximum absolute atomic E-state index is 12.5. The third-order valence-electron chi connectivity index (χ3n) is 4.58. The second kappa shape index (κ2) is 5.11. The molecule has 2 saturated heterocycles. The number of carbonyl (C=O) groups is 2. The number of carboxylic acid groups (broad SMARTS) is 1. The van der Waals surface area contributed by atoms with Crippen LogP contribution in [-0.2, 0) is 9.53 Å². The van der Waals surface area contributed by atoms with Crippen LogP contribution < -0.4 is 0 Å². The molecule has 0 unspecified atom stereocenters. The first-order chi connectivity index (χ1) is 10.0. The van der Waals surface area contributed by atoms with Gasteiger partial charge < -0.3 is 14.7 Å². The number of nitrogens with zero attached hydrogens (tertiary/aromatic N) is 2. The lowest BCUT2D eigenvalue weighted by atomic mass is 9.74. The van der Waals surface area contributed by atoms with Gasteiger partial charge in [0, 0.05) is 37.5 Å². The largest absolute Gasteiger partial charge is 0.481 e. The first-order valence-electron chi connectivity index (χ1n) is 7.06. The van der Waals surface area contributed by atoms with Crippen molar-refractivity contribution in [2.45, 2.75) is 13.3 Å². The Morgan fingerprint density at radius 1 is 1.48 bits per heavy atom. The van der Waals surface area contributed by atoms with Gasteiger partial charge in [-0.05, 0) is 25.5 Å². The number of ether oxygens (including phenoxy) is 1. The molecule has 0 spiro atoms. The fourth-order valence-corrected chi connectivity index (χ4v) is 3.23. The maximum atomic E-state index is 12.5. The minimum atomic E-state index is -0.855. The Morgan fingerprint density at radius 2 is 2.29 bits per heavy atom. The molecule has 6 heteroatoms. The maximum Gasteiger partial charge on any atom is 0.311 e. The second-order valence-corrected chi connectivity index (χ2v) is 5.86. The molecule has 3 rings (SSSR count). The fourth-order valence-electron chi connectivity index (χ4n) is 3.23. The predicted octanol–water partition coefficient (Wildman–Crippen LogP) is 0.953. The normalized spacial score (nSPS) is 28.2. The third-order valence-corrected chi connectivity index (χ3v) is 4.58. The molecule has 6 nitrogen and oxygen atoms in total. The number of aromatic nitrogens is 1. The van der Waals surface area contributed by atoms with Crippen LogP contribution in [0.4, 0.5) is 0 Å². The Kier molecular flexibility index (Phi) is 3.41. The highest BCUT2D eigenvalue weighted by atomic mass is 16.5. The molecule has 0 aromatic carbocycles. The van der Waals surface area contributed by atoms with Gasteiger partial charge in [0.15, 0.2) is 0 Å². The number of aliphatic carboxylic acids is 1. The quantitative estimate of drug-likeness (QED) is 0.877. The highest BCUT2D eigenvalue weighted by Crippen LogP contribution is 2.42. The number of carbonyl (C=O) groups excluding carboxylic acids is 1. The van der Waals surface area contributed by atoms with Crippen LogP contribution in [0.1, 0.15) is 22.5 Å². The van der Waals surface area contributed by atoms with Crippen molar-refractivity contribution >= 4 is 11.9 Å². The lowest BCUT2D eigenvalue weighted by molar-refractivity contribution is -0.157. The first kappa shape index (κ1) is 14.0. The molecule has 0 radical (unpaired) electrons. The zero-order chi connectivity index (χ0) is 15.0. The molecule has 2 atom stereocenters. The van der Waals surface area contributed by atoms with Crippen LogP contribution in [0.3, 0.4) is 0 Å². The van der Waals surface area contributed by atoms with E-state index in [0.29, 0.717) is 31.7 Å². The summed E-state index contributed by atoms with van der Waals surface area (Å²) in [4.78, 5) is 30.0. The van der Waals surface area contributed by atoms with Gasteiger partial charge in [0.2, 0.25) is 0 Å². The van der Waals surface area contributed by atoms with E-state index in [0.717, 1.165) is 5.69 Å². The van der Waals surface area contributed by atoms with Gasteiger partial charge in [-0.3, -0.25) is 14.6 Å². The van der Waals surface area contributed by atoms with Crippen LogP contribution >= 0.6 is 0 Å². The van der Waals surface area contributed by atoms with Crippen molar-refractivity contribution in [2.75, 3.05) is 26.3 Å². The highest BCUT2D eigenvalue weighted by molar-refractivity contribution is 5.94. The van der Waals surface area contributed by atoms with Crippen molar-refractivity contribution in [1.29, 1.82) is 0 Å². The first-order valence-corrected chi connectivity index (χ1v) is 7.06. The Labute approximate surface area is 122 Å². The van der Waals surface area contributed by atoms with Crippen molar-refractivity contribution in [3.05, 3.63) is 29.6 Å². The Balaban J connectivity index is 1.83. The topological polar surface area (TPSA) is 79.7 Å². The number of fused-ring (bicyclic) bond motifs is 1. The minimum absolute atomic E-state index is 0.133. The summed E-state index contributed by atoms with van der Waals surface area (Å²) in [7, 11) is 0. The number of pyridine rings is 1. The summed E-state index contributed by atoms with van der Waals surface area (Å²) in [5, 5.41) is 9.60. The van der Waals surface area contributed by atoms with Crippen molar-refractivity contribution in [3.8, 4) is 0 Å². The van der Waals surface area contributed by atoms with Gasteiger partial charge in [-0.25, -0.2) is 0 Å². The van der Waals surface area contributed by atoms with E-state index < -0.39 is 11.4 Å². The molecule has 1 aromatic heterocycles. The summed E-state index contributed by atoms with van der Waals surface area (Å²) in [6, 6.07) is 3.52. The SMILES string of the molecule is Cc1ccc(C(=O)N2C[C@H]3COCC[C@@]3(C(=O)O)C2)cn1. The molecular formula is C15H18N2O4. The van der Waals surface area contributed by atoms with E-state index in [2.05, 4.69) is 4.98 Å². The van der Waals surface area contributed by atoms with E-state index in [-0.39, 0.29) is 18.4 Å². The van der Waals surface area contributed by atoms with Crippen molar-refractivity contribution in [3.63, 3.8) is 0 Å². The smallest absolute Gasteiger partial charge is 0.311 e. The van der Waals surface area contributed by atoms with E-state index in [1.165, 1.54) is 0 Å². The summed E-state index contributed by atoms with van der Waals surface area (Å²) in [5.74, 6) is -1.11.